The van der Waals surface area contributed by atoms with Crippen molar-refractivity contribution in [3.05, 3.63) is 82.3 Å². The van der Waals surface area contributed by atoms with Crippen molar-refractivity contribution in [3.8, 4) is 11.1 Å². The summed E-state index contributed by atoms with van der Waals surface area (Å²) in [6.45, 7) is 11.3. The summed E-state index contributed by atoms with van der Waals surface area (Å²) < 4.78 is 6.00. The largest absolute Gasteiger partial charge is 0.327 e. The van der Waals surface area contributed by atoms with Gasteiger partial charge in [-0.15, -0.1) is 0 Å². The van der Waals surface area contributed by atoms with E-state index in [2.05, 4.69) is 116 Å². The highest BCUT2D eigenvalue weighted by Crippen LogP contribution is 2.32. The maximum absolute atomic E-state index is 5.04. The Balaban J connectivity index is 0.000000140. The summed E-state index contributed by atoms with van der Waals surface area (Å²) in [7, 11) is 0. The molecular formula is C39H47BrN6. The normalized spacial score (nSPS) is 22.7. The molecule has 2 atom stereocenters. The van der Waals surface area contributed by atoms with Crippen LogP contribution in [-0.4, -0.2) is 66.2 Å². The molecule has 0 saturated heterocycles. The van der Waals surface area contributed by atoms with Gasteiger partial charge in [0.1, 0.15) is 11.6 Å². The number of benzene rings is 3. The number of rotatable bonds is 3. The fourth-order valence-corrected chi connectivity index (χ4v) is 8.57. The molecule has 7 heteroatoms. The SMILES string of the molecule is CC1Cc2nc3cc(Br)ccc3n2CCN1C1CCC1.Cc1ccc(-c2ccc3c(c2)nc2n3CCN(C3CCC3)C(C)C2)cc1. The van der Waals surface area contributed by atoms with Gasteiger partial charge in [-0.25, -0.2) is 9.97 Å². The Morgan fingerprint density at radius 1 is 0.609 bits per heavy atom. The predicted octanol–water partition coefficient (Wildman–Crippen LogP) is 8.41. The zero-order valence-electron chi connectivity index (χ0n) is 27.6. The maximum Gasteiger partial charge on any atom is 0.111 e. The van der Waals surface area contributed by atoms with E-state index in [9.17, 15) is 0 Å². The van der Waals surface area contributed by atoms with Gasteiger partial charge in [-0.3, -0.25) is 9.80 Å². The summed E-state index contributed by atoms with van der Waals surface area (Å²) in [6.07, 6.45) is 10.5. The Hall–Kier alpha value is -3.00. The molecular weight excluding hydrogens is 632 g/mol. The number of nitrogens with zero attached hydrogens (tertiary/aromatic N) is 6. The predicted molar refractivity (Wildman–Crippen MR) is 192 cm³/mol. The molecule has 2 aliphatic heterocycles. The summed E-state index contributed by atoms with van der Waals surface area (Å²) in [5, 5.41) is 0. The Labute approximate surface area is 281 Å². The van der Waals surface area contributed by atoms with Gasteiger partial charge >= 0.3 is 0 Å². The lowest BCUT2D eigenvalue weighted by molar-refractivity contribution is 0.0892. The molecule has 0 amide bonds. The highest BCUT2D eigenvalue weighted by molar-refractivity contribution is 9.10. The van der Waals surface area contributed by atoms with Gasteiger partial charge in [0.25, 0.3) is 0 Å². The van der Waals surface area contributed by atoms with Crippen molar-refractivity contribution in [2.75, 3.05) is 13.1 Å². The van der Waals surface area contributed by atoms with Crippen LogP contribution in [0.4, 0.5) is 0 Å². The first-order valence-electron chi connectivity index (χ1n) is 17.6. The quantitative estimate of drug-likeness (QED) is 0.192. The van der Waals surface area contributed by atoms with Crippen LogP contribution in [0.25, 0.3) is 33.2 Å². The van der Waals surface area contributed by atoms with E-state index >= 15 is 0 Å². The minimum atomic E-state index is 0.593. The van der Waals surface area contributed by atoms with E-state index in [1.54, 1.807) is 0 Å². The molecule has 4 aliphatic rings. The van der Waals surface area contributed by atoms with Crippen molar-refractivity contribution < 1.29 is 0 Å². The Morgan fingerprint density at radius 3 is 1.63 bits per heavy atom. The second-order valence-corrected chi connectivity index (χ2v) is 15.2. The zero-order valence-corrected chi connectivity index (χ0v) is 29.2. The van der Waals surface area contributed by atoms with Crippen molar-refractivity contribution in [3.63, 3.8) is 0 Å². The number of imidazole rings is 2. The van der Waals surface area contributed by atoms with Crippen molar-refractivity contribution >= 4 is 38.0 Å². The van der Waals surface area contributed by atoms with Crippen LogP contribution in [0.1, 0.15) is 69.6 Å². The number of hydrogen-bond donors (Lipinski definition) is 0. The minimum Gasteiger partial charge on any atom is -0.327 e. The van der Waals surface area contributed by atoms with E-state index in [4.69, 9.17) is 9.97 Å². The van der Waals surface area contributed by atoms with Gasteiger partial charge in [-0.05, 0) is 87.9 Å². The van der Waals surface area contributed by atoms with Gasteiger partial charge in [0.2, 0.25) is 0 Å². The van der Waals surface area contributed by atoms with Crippen LogP contribution in [-0.2, 0) is 25.9 Å². The van der Waals surface area contributed by atoms with Crippen LogP contribution in [0.15, 0.2) is 65.1 Å². The van der Waals surface area contributed by atoms with Gasteiger partial charge in [-0.2, -0.15) is 0 Å². The van der Waals surface area contributed by atoms with Crippen molar-refractivity contribution in [1.29, 1.82) is 0 Å². The lowest BCUT2D eigenvalue weighted by atomic mass is 9.90. The second-order valence-electron chi connectivity index (χ2n) is 14.3. The van der Waals surface area contributed by atoms with Crippen LogP contribution in [0.5, 0.6) is 0 Å². The monoisotopic (exact) mass is 678 g/mol. The van der Waals surface area contributed by atoms with Crippen LogP contribution < -0.4 is 0 Å². The molecule has 2 aromatic heterocycles. The molecule has 2 unspecified atom stereocenters. The zero-order chi connectivity index (χ0) is 31.4. The summed E-state index contributed by atoms with van der Waals surface area (Å²) >= 11 is 3.54. The average molecular weight is 680 g/mol. The third-order valence-electron chi connectivity index (χ3n) is 11.3. The molecule has 4 heterocycles. The number of hydrogen-bond acceptors (Lipinski definition) is 4. The Morgan fingerprint density at radius 2 is 1.11 bits per heavy atom. The average Bonchev–Trinajstić information content (AvgIpc) is 3.39. The number of halogens is 1. The van der Waals surface area contributed by atoms with Gasteiger partial charge in [0.15, 0.2) is 0 Å². The van der Waals surface area contributed by atoms with Crippen molar-refractivity contribution in [2.45, 2.75) is 109 Å². The molecule has 6 nitrogen and oxygen atoms in total. The van der Waals surface area contributed by atoms with Crippen LogP contribution in [0.3, 0.4) is 0 Å². The van der Waals surface area contributed by atoms with Crippen LogP contribution >= 0.6 is 15.9 Å². The first kappa shape index (κ1) is 30.3. The highest BCUT2D eigenvalue weighted by atomic mass is 79.9. The number of fused-ring (bicyclic) bond motifs is 6. The maximum atomic E-state index is 5.04. The first-order chi connectivity index (χ1) is 22.4. The molecule has 9 rings (SSSR count). The van der Waals surface area contributed by atoms with Gasteiger partial charge in [0.05, 0.1) is 22.1 Å². The van der Waals surface area contributed by atoms with Crippen molar-refractivity contribution in [2.24, 2.45) is 0 Å². The summed E-state index contributed by atoms with van der Waals surface area (Å²) in [6, 6.07) is 24.8. The molecule has 0 bridgehead atoms. The summed E-state index contributed by atoms with van der Waals surface area (Å²) in [5.74, 6) is 2.52. The van der Waals surface area contributed by atoms with Crippen LogP contribution in [0, 0.1) is 6.92 Å². The van der Waals surface area contributed by atoms with E-state index in [0.29, 0.717) is 12.1 Å². The second kappa shape index (κ2) is 12.6. The standard InChI is InChI=1S/C23H27N3.C16H20BrN3/c1-16-6-8-18(9-7-16)19-10-11-22-21(15-19)24-23-14-17(2)25(12-13-26(22)23)20-4-3-5-20;1-11-9-16-18-14-10-12(17)5-6-15(14)20(16)8-7-19(11)13-3-2-4-13/h6-11,15,17,20H,3-5,12-14H2,1-2H3;5-6,10-11,13H,2-4,7-9H2,1H3. The van der Waals surface area contributed by atoms with E-state index < -0.39 is 0 Å². The fourth-order valence-electron chi connectivity index (χ4n) is 8.23. The number of aromatic nitrogens is 4. The molecule has 3 aromatic carbocycles. The van der Waals surface area contributed by atoms with Gasteiger partial charge in [-0.1, -0.05) is 64.7 Å². The minimum absolute atomic E-state index is 0.593. The van der Waals surface area contributed by atoms with E-state index in [1.807, 2.05) is 0 Å². The molecule has 0 radical (unpaired) electrons. The molecule has 0 spiro atoms. The fraction of sp³-hybridized carbons (Fsp3) is 0.487. The lowest BCUT2D eigenvalue weighted by Gasteiger charge is -2.40. The van der Waals surface area contributed by atoms with Crippen molar-refractivity contribution in [1.82, 2.24) is 28.9 Å². The molecule has 5 aromatic rings. The Bertz CT molecular complexity index is 1850. The number of aryl methyl sites for hydroxylation is 1. The molecule has 2 aliphatic carbocycles. The molecule has 240 valence electrons. The molecule has 2 fully saturated rings. The summed E-state index contributed by atoms with van der Waals surface area (Å²) in [5.41, 5.74) is 8.67. The molecule has 0 N–H and O–H groups in total. The Kier molecular flexibility index (Phi) is 8.28. The van der Waals surface area contributed by atoms with E-state index in [-0.39, 0.29) is 0 Å². The third-order valence-corrected chi connectivity index (χ3v) is 11.8. The third kappa shape index (κ3) is 5.73. The summed E-state index contributed by atoms with van der Waals surface area (Å²) in [4.78, 5) is 15.3. The molecule has 2 saturated carbocycles. The van der Waals surface area contributed by atoms with Gasteiger partial charge < -0.3 is 9.13 Å². The lowest BCUT2D eigenvalue weighted by Crippen LogP contribution is -2.46. The van der Waals surface area contributed by atoms with Crippen LogP contribution in [0.2, 0.25) is 0 Å². The smallest absolute Gasteiger partial charge is 0.111 e. The van der Waals surface area contributed by atoms with E-state index in [1.165, 1.54) is 84.4 Å². The van der Waals surface area contributed by atoms with Gasteiger partial charge in [0, 0.05) is 67.7 Å². The topological polar surface area (TPSA) is 42.1 Å². The van der Waals surface area contributed by atoms with E-state index in [0.717, 1.165) is 60.1 Å². The highest BCUT2D eigenvalue weighted by Gasteiger charge is 2.32. The first-order valence-corrected chi connectivity index (χ1v) is 18.4. The molecule has 46 heavy (non-hydrogen) atoms.